The van der Waals surface area contributed by atoms with E-state index >= 15 is 0 Å². The predicted molar refractivity (Wildman–Crippen MR) is 139 cm³/mol. The SMILES string of the molecule is CC1(C)OB(c2cc(F)c3nn4c(c3c2)CCC4)OC1(C)C.Fc1cc(Br)cc2c3n(nc12)CCC3. The van der Waals surface area contributed by atoms with Crippen molar-refractivity contribution < 1.29 is 18.1 Å². The zero-order chi connectivity index (χ0) is 25.4. The number of benzene rings is 2. The molecule has 0 radical (unpaired) electrons. The molecule has 1 saturated heterocycles. The van der Waals surface area contributed by atoms with E-state index < -0.39 is 18.3 Å². The summed E-state index contributed by atoms with van der Waals surface area (Å²) in [6.45, 7) is 9.79. The normalized spacial score (nSPS) is 19.6. The highest BCUT2D eigenvalue weighted by atomic mass is 79.9. The summed E-state index contributed by atoms with van der Waals surface area (Å²) >= 11 is 3.30. The monoisotopic (exact) mass is 556 g/mol. The number of hydrogen-bond acceptors (Lipinski definition) is 4. The van der Waals surface area contributed by atoms with Crippen LogP contribution in [0.5, 0.6) is 0 Å². The molecule has 6 nitrogen and oxygen atoms in total. The number of hydrogen-bond donors (Lipinski definition) is 0. The van der Waals surface area contributed by atoms with Crippen molar-refractivity contribution in [3.05, 3.63) is 51.8 Å². The van der Waals surface area contributed by atoms with E-state index in [2.05, 4.69) is 26.1 Å². The molecule has 7 rings (SSSR count). The van der Waals surface area contributed by atoms with Gasteiger partial charge < -0.3 is 9.31 Å². The molecule has 36 heavy (non-hydrogen) atoms. The van der Waals surface area contributed by atoms with Crippen molar-refractivity contribution in [2.24, 2.45) is 0 Å². The number of halogens is 3. The highest BCUT2D eigenvalue weighted by Crippen LogP contribution is 2.37. The topological polar surface area (TPSA) is 54.1 Å². The van der Waals surface area contributed by atoms with Crippen molar-refractivity contribution in [2.75, 3.05) is 0 Å². The molecule has 4 aromatic rings. The van der Waals surface area contributed by atoms with E-state index in [1.165, 1.54) is 17.8 Å². The van der Waals surface area contributed by atoms with E-state index in [4.69, 9.17) is 9.31 Å². The van der Waals surface area contributed by atoms with Gasteiger partial charge in [-0.3, -0.25) is 9.36 Å². The van der Waals surface area contributed by atoms with Crippen LogP contribution in [0.4, 0.5) is 8.78 Å². The average Bonchev–Trinajstić information content (AvgIpc) is 3.57. The standard InChI is InChI=1S/C16H20BFN2O2.C10H8BrFN2/c1-15(2)16(3,4)22-17(21-15)10-8-11-13-6-5-7-20(13)19-14(11)12(18)9-10;11-6-4-7-9-2-1-3-14(9)13-10(7)8(12)5-6/h8-9H,5-7H2,1-4H3;4-5H,1-3H2. The maximum absolute atomic E-state index is 14.5. The first-order valence-electron chi connectivity index (χ1n) is 12.4. The van der Waals surface area contributed by atoms with Gasteiger partial charge in [-0.25, -0.2) is 8.78 Å². The van der Waals surface area contributed by atoms with Crippen LogP contribution in [0.1, 0.15) is 51.9 Å². The summed E-state index contributed by atoms with van der Waals surface area (Å²) in [5.41, 5.74) is 3.12. The zero-order valence-electron chi connectivity index (χ0n) is 20.9. The van der Waals surface area contributed by atoms with Gasteiger partial charge in [0, 0.05) is 39.7 Å². The van der Waals surface area contributed by atoms with Crippen molar-refractivity contribution in [3.8, 4) is 0 Å². The number of fused-ring (bicyclic) bond motifs is 6. The second kappa shape index (κ2) is 8.36. The molecular formula is C26H28BBrF2N4O2. The lowest BCUT2D eigenvalue weighted by molar-refractivity contribution is 0.00578. The molecule has 0 atom stereocenters. The Morgan fingerprint density at radius 2 is 1.31 bits per heavy atom. The first-order chi connectivity index (χ1) is 17.0. The van der Waals surface area contributed by atoms with Gasteiger partial charge in [0.05, 0.1) is 11.2 Å². The molecule has 2 aromatic heterocycles. The van der Waals surface area contributed by atoms with E-state index in [0.29, 0.717) is 11.0 Å². The molecule has 0 aliphatic carbocycles. The van der Waals surface area contributed by atoms with Gasteiger partial charge in [0.2, 0.25) is 0 Å². The molecule has 5 heterocycles. The Labute approximate surface area is 217 Å². The summed E-state index contributed by atoms with van der Waals surface area (Å²) in [5, 5.41) is 10.5. The van der Waals surface area contributed by atoms with Crippen LogP contribution in [-0.4, -0.2) is 37.9 Å². The van der Waals surface area contributed by atoms with E-state index in [9.17, 15) is 8.78 Å². The molecule has 0 spiro atoms. The fourth-order valence-corrected chi connectivity index (χ4v) is 5.70. The first kappa shape index (κ1) is 24.1. The summed E-state index contributed by atoms with van der Waals surface area (Å²) in [4.78, 5) is 0. The second-order valence-corrected chi connectivity index (χ2v) is 11.7. The zero-order valence-corrected chi connectivity index (χ0v) is 22.5. The molecule has 0 amide bonds. The molecule has 0 N–H and O–H groups in total. The molecule has 0 saturated carbocycles. The number of nitrogens with zero attached hydrogens (tertiary/aromatic N) is 4. The molecule has 1 fully saturated rings. The third kappa shape index (κ3) is 3.80. The summed E-state index contributed by atoms with van der Waals surface area (Å²) in [7, 11) is -0.541. The maximum Gasteiger partial charge on any atom is 0.494 e. The van der Waals surface area contributed by atoms with E-state index in [1.807, 2.05) is 49.2 Å². The average molecular weight is 557 g/mol. The van der Waals surface area contributed by atoms with Crippen LogP contribution in [0.3, 0.4) is 0 Å². The van der Waals surface area contributed by atoms with Gasteiger partial charge in [-0.05, 0) is 77.0 Å². The highest BCUT2D eigenvalue weighted by molar-refractivity contribution is 9.10. The Kier molecular flexibility index (Phi) is 5.59. The molecular weight excluding hydrogens is 529 g/mol. The fourth-order valence-electron chi connectivity index (χ4n) is 5.27. The predicted octanol–water partition coefficient (Wildman–Crippen LogP) is 5.30. The number of aromatic nitrogens is 4. The van der Waals surface area contributed by atoms with Crippen molar-refractivity contribution in [1.82, 2.24) is 19.6 Å². The van der Waals surface area contributed by atoms with E-state index in [1.54, 1.807) is 0 Å². The Morgan fingerprint density at radius 3 is 1.86 bits per heavy atom. The summed E-state index contributed by atoms with van der Waals surface area (Å²) in [6.07, 6.45) is 4.14. The number of aryl methyl sites for hydroxylation is 4. The molecule has 2 aromatic carbocycles. The maximum atomic E-state index is 14.5. The fraction of sp³-hybridized carbons (Fsp3) is 0.462. The van der Waals surface area contributed by atoms with Crippen LogP contribution in [0.15, 0.2) is 28.7 Å². The van der Waals surface area contributed by atoms with Crippen LogP contribution in [0, 0.1) is 11.6 Å². The van der Waals surface area contributed by atoms with Crippen LogP contribution in [0.2, 0.25) is 0 Å². The second-order valence-electron chi connectivity index (χ2n) is 10.8. The van der Waals surface area contributed by atoms with Gasteiger partial charge in [0.25, 0.3) is 0 Å². The summed E-state index contributed by atoms with van der Waals surface area (Å²) in [6, 6.07) is 6.88. The minimum Gasteiger partial charge on any atom is -0.399 e. The van der Waals surface area contributed by atoms with Gasteiger partial charge in [-0.15, -0.1) is 0 Å². The molecule has 0 bridgehead atoms. The quantitative estimate of drug-likeness (QED) is 0.298. The lowest BCUT2D eigenvalue weighted by Crippen LogP contribution is -2.41. The lowest BCUT2D eigenvalue weighted by atomic mass is 9.78. The third-order valence-corrected chi connectivity index (χ3v) is 8.35. The molecule has 3 aliphatic rings. The van der Waals surface area contributed by atoms with Crippen molar-refractivity contribution >= 4 is 50.3 Å². The van der Waals surface area contributed by atoms with Gasteiger partial charge in [0.15, 0.2) is 11.6 Å². The van der Waals surface area contributed by atoms with Gasteiger partial charge in [0.1, 0.15) is 11.0 Å². The molecule has 3 aliphatic heterocycles. The minimum atomic E-state index is -0.541. The summed E-state index contributed by atoms with van der Waals surface area (Å²) < 4.78 is 44.6. The third-order valence-electron chi connectivity index (χ3n) is 7.89. The highest BCUT2D eigenvalue weighted by Gasteiger charge is 2.52. The van der Waals surface area contributed by atoms with Gasteiger partial charge in [-0.1, -0.05) is 22.0 Å². The largest absolute Gasteiger partial charge is 0.494 e. The van der Waals surface area contributed by atoms with Crippen LogP contribution >= 0.6 is 15.9 Å². The van der Waals surface area contributed by atoms with Crippen molar-refractivity contribution in [2.45, 2.75) is 77.7 Å². The van der Waals surface area contributed by atoms with E-state index in [-0.39, 0.29) is 11.6 Å². The van der Waals surface area contributed by atoms with Crippen LogP contribution in [-0.2, 0) is 35.2 Å². The summed E-state index contributed by atoms with van der Waals surface area (Å²) in [5.74, 6) is -0.541. The molecule has 188 valence electrons. The van der Waals surface area contributed by atoms with Crippen molar-refractivity contribution in [3.63, 3.8) is 0 Å². The Hall–Kier alpha value is -2.30. The van der Waals surface area contributed by atoms with Crippen molar-refractivity contribution in [1.29, 1.82) is 0 Å². The van der Waals surface area contributed by atoms with Gasteiger partial charge in [-0.2, -0.15) is 10.2 Å². The number of rotatable bonds is 1. The Balaban J connectivity index is 0.000000147. The van der Waals surface area contributed by atoms with E-state index in [0.717, 1.165) is 65.2 Å². The Morgan fingerprint density at radius 1 is 0.806 bits per heavy atom. The van der Waals surface area contributed by atoms with Crippen LogP contribution in [0.25, 0.3) is 21.8 Å². The Bertz CT molecular complexity index is 1500. The smallest absolute Gasteiger partial charge is 0.399 e. The first-order valence-corrected chi connectivity index (χ1v) is 13.2. The lowest BCUT2D eigenvalue weighted by Gasteiger charge is -2.32. The van der Waals surface area contributed by atoms with Crippen LogP contribution < -0.4 is 5.46 Å². The van der Waals surface area contributed by atoms with Gasteiger partial charge >= 0.3 is 7.12 Å². The molecule has 10 heteroatoms. The minimum absolute atomic E-state index is 0.240. The molecule has 0 unspecified atom stereocenters.